The van der Waals surface area contributed by atoms with Gasteiger partial charge in [-0.25, -0.2) is 4.98 Å². The summed E-state index contributed by atoms with van der Waals surface area (Å²) in [6.07, 6.45) is 0.845. The van der Waals surface area contributed by atoms with E-state index in [2.05, 4.69) is 10.3 Å². The molecular formula is C18H24N2O3S. The Kier molecular flexibility index (Phi) is 5.96. The average Bonchev–Trinajstić information content (AvgIpc) is 3.08. The SMILES string of the molecule is CCC(C)C(C)(O)CNC(=O)c1csc(-c2ccccc2OC)n1. The second-order valence-electron chi connectivity index (χ2n) is 6.09. The van der Waals surface area contributed by atoms with Gasteiger partial charge in [-0.2, -0.15) is 0 Å². The number of carbonyl (C=O) groups is 1. The van der Waals surface area contributed by atoms with Crippen LogP contribution in [0.1, 0.15) is 37.7 Å². The zero-order chi connectivity index (χ0) is 17.7. The first kappa shape index (κ1) is 18.4. The minimum absolute atomic E-state index is 0.0948. The number of hydrogen-bond donors (Lipinski definition) is 2. The summed E-state index contributed by atoms with van der Waals surface area (Å²) < 4.78 is 5.33. The van der Waals surface area contributed by atoms with Gasteiger partial charge in [0.1, 0.15) is 16.5 Å². The number of hydrogen-bond acceptors (Lipinski definition) is 5. The molecular weight excluding hydrogens is 324 g/mol. The Morgan fingerprint density at radius 2 is 2.17 bits per heavy atom. The molecule has 0 aliphatic rings. The monoisotopic (exact) mass is 348 g/mol. The molecule has 0 saturated carbocycles. The van der Waals surface area contributed by atoms with Gasteiger partial charge in [-0.15, -0.1) is 11.3 Å². The molecule has 1 aromatic carbocycles. The molecule has 0 bridgehead atoms. The molecule has 2 atom stereocenters. The van der Waals surface area contributed by atoms with E-state index in [1.54, 1.807) is 19.4 Å². The molecule has 0 radical (unpaired) electrons. The fraction of sp³-hybridized carbons (Fsp3) is 0.444. The zero-order valence-corrected chi connectivity index (χ0v) is 15.3. The third-order valence-corrected chi connectivity index (χ3v) is 5.23. The molecule has 5 nitrogen and oxygen atoms in total. The number of amides is 1. The van der Waals surface area contributed by atoms with E-state index in [1.165, 1.54) is 11.3 Å². The summed E-state index contributed by atoms with van der Waals surface area (Å²) in [5, 5.41) is 15.6. The largest absolute Gasteiger partial charge is 0.496 e. The molecule has 130 valence electrons. The van der Waals surface area contributed by atoms with Crippen LogP contribution in [0.4, 0.5) is 0 Å². The summed E-state index contributed by atoms with van der Waals surface area (Å²) in [4.78, 5) is 16.7. The lowest BCUT2D eigenvalue weighted by Crippen LogP contribution is -2.45. The summed E-state index contributed by atoms with van der Waals surface area (Å²) in [5.41, 5.74) is 0.267. The van der Waals surface area contributed by atoms with Gasteiger partial charge in [0, 0.05) is 11.9 Å². The first-order chi connectivity index (χ1) is 11.4. The van der Waals surface area contributed by atoms with Crippen LogP contribution in [0.15, 0.2) is 29.6 Å². The lowest BCUT2D eigenvalue weighted by molar-refractivity contribution is 0.00589. The van der Waals surface area contributed by atoms with Crippen LogP contribution in [-0.2, 0) is 0 Å². The van der Waals surface area contributed by atoms with Gasteiger partial charge in [0.15, 0.2) is 0 Å². The average molecular weight is 348 g/mol. The molecule has 2 N–H and O–H groups in total. The normalized spacial score (nSPS) is 14.7. The highest BCUT2D eigenvalue weighted by Crippen LogP contribution is 2.31. The fourth-order valence-corrected chi connectivity index (χ4v) is 3.12. The van der Waals surface area contributed by atoms with E-state index in [9.17, 15) is 9.90 Å². The molecule has 2 unspecified atom stereocenters. The van der Waals surface area contributed by atoms with E-state index >= 15 is 0 Å². The van der Waals surface area contributed by atoms with Crippen molar-refractivity contribution in [2.45, 2.75) is 32.8 Å². The van der Waals surface area contributed by atoms with Crippen molar-refractivity contribution in [2.24, 2.45) is 5.92 Å². The Bertz CT molecular complexity index is 697. The van der Waals surface area contributed by atoms with E-state index in [0.717, 1.165) is 22.7 Å². The fourth-order valence-electron chi connectivity index (χ4n) is 2.29. The highest BCUT2D eigenvalue weighted by atomic mass is 32.1. The zero-order valence-electron chi connectivity index (χ0n) is 14.5. The molecule has 0 fully saturated rings. The molecule has 2 rings (SSSR count). The van der Waals surface area contributed by atoms with Crippen molar-refractivity contribution in [3.8, 4) is 16.3 Å². The number of carbonyl (C=O) groups excluding carboxylic acids is 1. The standard InChI is InChI=1S/C18H24N2O3S/c1-5-12(2)18(3,22)11-19-16(21)14-10-24-17(20-14)13-8-6-7-9-15(13)23-4/h6-10,12,22H,5,11H2,1-4H3,(H,19,21). The Balaban J connectivity index is 2.09. The molecule has 0 spiro atoms. The molecule has 0 aliphatic carbocycles. The summed E-state index contributed by atoms with van der Waals surface area (Å²) in [5.74, 6) is 0.534. The maximum atomic E-state index is 12.3. The molecule has 2 aromatic rings. The summed E-state index contributed by atoms with van der Waals surface area (Å²) in [6.45, 7) is 5.92. The second kappa shape index (κ2) is 7.77. The van der Waals surface area contributed by atoms with Crippen LogP contribution in [0.2, 0.25) is 0 Å². The minimum Gasteiger partial charge on any atom is -0.496 e. The summed E-state index contributed by atoms with van der Waals surface area (Å²) in [6, 6.07) is 7.57. The van der Waals surface area contributed by atoms with Crippen LogP contribution in [-0.4, -0.2) is 35.3 Å². The van der Waals surface area contributed by atoms with Crippen LogP contribution in [0.25, 0.3) is 10.6 Å². The number of aromatic nitrogens is 1. The van der Waals surface area contributed by atoms with Crippen LogP contribution < -0.4 is 10.1 Å². The van der Waals surface area contributed by atoms with Crippen molar-refractivity contribution in [3.05, 3.63) is 35.3 Å². The van der Waals surface area contributed by atoms with Crippen molar-refractivity contribution in [1.82, 2.24) is 10.3 Å². The summed E-state index contributed by atoms with van der Waals surface area (Å²) in [7, 11) is 1.61. The van der Waals surface area contributed by atoms with Gasteiger partial charge < -0.3 is 15.2 Å². The topological polar surface area (TPSA) is 71.5 Å². The van der Waals surface area contributed by atoms with Crippen LogP contribution >= 0.6 is 11.3 Å². The smallest absolute Gasteiger partial charge is 0.270 e. The number of nitrogens with zero attached hydrogens (tertiary/aromatic N) is 1. The molecule has 1 heterocycles. The highest BCUT2D eigenvalue weighted by molar-refractivity contribution is 7.13. The Labute approximate surface area is 146 Å². The van der Waals surface area contributed by atoms with Crippen molar-refractivity contribution in [1.29, 1.82) is 0 Å². The van der Waals surface area contributed by atoms with Gasteiger partial charge in [-0.3, -0.25) is 4.79 Å². The second-order valence-corrected chi connectivity index (χ2v) is 6.95. The molecule has 1 aromatic heterocycles. The van der Waals surface area contributed by atoms with E-state index < -0.39 is 5.60 Å². The molecule has 24 heavy (non-hydrogen) atoms. The number of aliphatic hydroxyl groups is 1. The quantitative estimate of drug-likeness (QED) is 0.805. The maximum Gasteiger partial charge on any atom is 0.270 e. The molecule has 0 saturated heterocycles. The van der Waals surface area contributed by atoms with Crippen LogP contribution in [0.3, 0.4) is 0 Å². The third kappa shape index (κ3) is 4.13. The van der Waals surface area contributed by atoms with Gasteiger partial charge >= 0.3 is 0 Å². The Hall–Kier alpha value is -1.92. The van der Waals surface area contributed by atoms with Crippen molar-refractivity contribution < 1.29 is 14.6 Å². The van der Waals surface area contributed by atoms with Gasteiger partial charge in [-0.1, -0.05) is 32.4 Å². The number of thiazole rings is 1. The van der Waals surface area contributed by atoms with Gasteiger partial charge in [0.05, 0.1) is 18.3 Å². The van der Waals surface area contributed by atoms with Crippen LogP contribution in [0, 0.1) is 5.92 Å². The van der Waals surface area contributed by atoms with E-state index in [1.807, 2.05) is 38.1 Å². The maximum absolute atomic E-state index is 12.3. The first-order valence-electron chi connectivity index (χ1n) is 7.98. The number of rotatable bonds is 7. The summed E-state index contributed by atoms with van der Waals surface area (Å²) >= 11 is 1.39. The highest BCUT2D eigenvalue weighted by Gasteiger charge is 2.28. The van der Waals surface area contributed by atoms with Crippen molar-refractivity contribution in [3.63, 3.8) is 0 Å². The van der Waals surface area contributed by atoms with Gasteiger partial charge in [0.2, 0.25) is 0 Å². The van der Waals surface area contributed by atoms with Crippen LogP contribution in [0.5, 0.6) is 5.75 Å². The Morgan fingerprint density at radius 1 is 1.46 bits per heavy atom. The lowest BCUT2D eigenvalue weighted by atomic mass is 9.88. The predicted molar refractivity (Wildman–Crippen MR) is 96.5 cm³/mol. The van der Waals surface area contributed by atoms with Crippen molar-refractivity contribution in [2.75, 3.05) is 13.7 Å². The van der Waals surface area contributed by atoms with E-state index in [-0.39, 0.29) is 18.4 Å². The number of nitrogens with one attached hydrogen (secondary N) is 1. The minimum atomic E-state index is -0.939. The Morgan fingerprint density at radius 3 is 2.83 bits per heavy atom. The van der Waals surface area contributed by atoms with Crippen molar-refractivity contribution >= 4 is 17.2 Å². The van der Waals surface area contributed by atoms with E-state index in [0.29, 0.717) is 5.69 Å². The molecule has 1 amide bonds. The number of methoxy groups -OCH3 is 1. The number of para-hydroxylation sites is 1. The predicted octanol–water partition coefficient (Wildman–Crippen LogP) is 3.35. The molecule has 6 heteroatoms. The van der Waals surface area contributed by atoms with Gasteiger partial charge in [0.25, 0.3) is 5.91 Å². The molecule has 0 aliphatic heterocycles. The van der Waals surface area contributed by atoms with Gasteiger partial charge in [-0.05, 0) is 25.0 Å². The number of ether oxygens (including phenoxy) is 1. The number of benzene rings is 1. The lowest BCUT2D eigenvalue weighted by Gasteiger charge is -2.29. The first-order valence-corrected chi connectivity index (χ1v) is 8.86. The third-order valence-electron chi connectivity index (χ3n) is 4.36. The van der Waals surface area contributed by atoms with E-state index in [4.69, 9.17) is 4.74 Å².